The fraction of sp³-hybridized carbons (Fsp3) is 0.588. The Bertz CT molecular complexity index is 482. The lowest BCUT2D eigenvalue weighted by Gasteiger charge is -2.28. The summed E-state index contributed by atoms with van der Waals surface area (Å²) in [5.74, 6) is 1.85. The Morgan fingerprint density at radius 1 is 1.43 bits per heavy atom. The Morgan fingerprint density at radius 3 is 2.81 bits per heavy atom. The SMILES string of the molecule is COc1ccc(C)cc1NC(=O)CC(C)C1CCNCC1. The zero-order chi connectivity index (χ0) is 15.2. The highest BCUT2D eigenvalue weighted by Crippen LogP contribution is 2.27. The first-order chi connectivity index (χ1) is 10.1. The molecule has 2 N–H and O–H groups in total. The first kappa shape index (κ1) is 15.8. The second-order valence-corrected chi connectivity index (χ2v) is 6.02. The average molecular weight is 290 g/mol. The number of anilines is 1. The topological polar surface area (TPSA) is 50.4 Å². The van der Waals surface area contributed by atoms with Crippen LogP contribution in [0.5, 0.6) is 5.75 Å². The van der Waals surface area contributed by atoms with E-state index in [1.165, 1.54) is 12.8 Å². The van der Waals surface area contributed by atoms with E-state index in [2.05, 4.69) is 17.6 Å². The molecule has 0 saturated carbocycles. The van der Waals surface area contributed by atoms with Crippen LogP contribution in [0.15, 0.2) is 18.2 Å². The van der Waals surface area contributed by atoms with Crippen LogP contribution >= 0.6 is 0 Å². The molecule has 0 aliphatic carbocycles. The molecule has 21 heavy (non-hydrogen) atoms. The Morgan fingerprint density at radius 2 is 2.14 bits per heavy atom. The smallest absolute Gasteiger partial charge is 0.224 e. The van der Waals surface area contributed by atoms with Crippen molar-refractivity contribution in [2.24, 2.45) is 11.8 Å². The van der Waals surface area contributed by atoms with Crippen LogP contribution in [0.4, 0.5) is 5.69 Å². The van der Waals surface area contributed by atoms with E-state index >= 15 is 0 Å². The fourth-order valence-corrected chi connectivity index (χ4v) is 2.99. The molecule has 0 bridgehead atoms. The van der Waals surface area contributed by atoms with Crippen LogP contribution < -0.4 is 15.4 Å². The molecule has 116 valence electrons. The van der Waals surface area contributed by atoms with Crippen molar-refractivity contribution in [2.45, 2.75) is 33.1 Å². The maximum absolute atomic E-state index is 12.3. The third-order valence-corrected chi connectivity index (χ3v) is 4.32. The lowest BCUT2D eigenvalue weighted by atomic mass is 9.84. The number of amides is 1. The number of carbonyl (C=O) groups excluding carboxylic acids is 1. The van der Waals surface area contributed by atoms with E-state index in [1.54, 1.807) is 7.11 Å². The highest BCUT2D eigenvalue weighted by molar-refractivity contribution is 5.92. The van der Waals surface area contributed by atoms with Gasteiger partial charge in [-0.3, -0.25) is 4.79 Å². The van der Waals surface area contributed by atoms with Crippen molar-refractivity contribution in [3.63, 3.8) is 0 Å². The molecular weight excluding hydrogens is 264 g/mol. The standard InChI is InChI=1S/C17H26N2O2/c1-12-4-5-16(21-3)15(10-12)19-17(20)11-13(2)14-6-8-18-9-7-14/h4-5,10,13-14,18H,6-9,11H2,1-3H3,(H,19,20). The molecule has 1 aliphatic heterocycles. The lowest BCUT2D eigenvalue weighted by Crippen LogP contribution is -2.32. The number of piperidine rings is 1. The van der Waals surface area contributed by atoms with Crippen LogP contribution in [-0.4, -0.2) is 26.1 Å². The zero-order valence-corrected chi connectivity index (χ0v) is 13.2. The van der Waals surface area contributed by atoms with E-state index in [0.717, 1.165) is 24.3 Å². The maximum atomic E-state index is 12.3. The number of ether oxygens (including phenoxy) is 1. The van der Waals surface area contributed by atoms with Crippen molar-refractivity contribution in [3.05, 3.63) is 23.8 Å². The van der Waals surface area contributed by atoms with Crippen LogP contribution in [-0.2, 0) is 4.79 Å². The van der Waals surface area contributed by atoms with Crippen molar-refractivity contribution < 1.29 is 9.53 Å². The third kappa shape index (κ3) is 4.46. The van der Waals surface area contributed by atoms with Gasteiger partial charge in [-0.1, -0.05) is 13.0 Å². The van der Waals surface area contributed by atoms with E-state index in [9.17, 15) is 4.79 Å². The summed E-state index contributed by atoms with van der Waals surface area (Å²) in [6.07, 6.45) is 2.91. The summed E-state index contributed by atoms with van der Waals surface area (Å²) in [6, 6.07) is 5.82. The van der Waals surface area contributed by atoms with Gasteiger partial charge in [0, 0.05) is 6.42 Å². The molecule has 4 heteroatoms. The minimum atomic E-state index is 0.0740. The summed E-state index contributed by atoms with van der Waals surface area (Å²) < 4.78 is 5.30. The van der Waals surface area contributed by atoms with Gasteiger partial charge in [0.15, 0.2) is 0 Å². The van der Waals surface area contributed by atoms with Gasteiger partial charge in [0.05, 0.1) is 12.8 Å². The highest BCUT2D eigenvalue weighted by atomic mass is 16.5. The second kappa shape index (κ2) is 7.46. The molecule has 1 unspecified atom stereocenters. The molecule has 1 saturated heterocycles. The van der Waals surface area contributed by atoms with E-state index in [0.29, 0.717) is 24.0 Å². The van der Waals surface area contributed by atoms with Gasteiger partial charge in [-0.2, -0.15) is 0 Å². The van der Waals surface area contributed by atoms with Gasteiger partial charge < -0.3 is 15.4 Å². The number of methoxy groups -OCH3 is 1. The van der Waals surface area contributed by atoms with E-state index < -0.39 is 0 Å². The van der Waals surface area contributed by atoms with Crippen LogP contribution in [0.25, 0.3) is 0 Å². The largest absolute Gasteiger partial charge is 0.495 e. The third-order valence-electron chi connectivity index (χ3n) is 4.32. The van der Waals surface area contributed by atoms with Gasteiger partial charge in [-0.25, -0.2) is 0 Å². The average Bonchev–Trinajstić information content (AvgIpc) is 2.48. The first-order valence-corrected chi connectivity index (χ1v) is 7.75. The molecule has 2 rings (SSSR count). The van der Waals surface area contributed by atoms with Gasteiger partial charge in [-0.05, 0) is 62.4 Å². The van der Waals surface area contributed by atoms with E-state index in [1.807, 2.05) is 25.1 Å². The monoisotopic (exact) mass is 290 g/mol. The number of hydrogen-bond donors (Lipinski definition) is 2. The van der Waals surface area contributed by atoms with Crippen molar-refractivity contribution in [3.8, 4) is 5.75 Å². The molecule has 4 nitrogen and oxygen atoms in total. The number of aryl methyl sites for hydroxylation is 1. The Labute approximate surface area is 127 Å². The van der Waals surface area contributed by atoms with Crippen molar-refractivity contribution in [2.75, 3.05) is 25.5 Å². The molecule has 0 spiro atoms. The van der Waals surface area contributed by atoms with Crippen LogP contribution in [0.2, 0.25) is 0 Å². The van der Waals surface area contributed by atoms with E-state index in [4.69, 9.17) is 4.74 Å². The maximum Gasteiger partial charge on any atom is 0.224 e. The van der Waals surface area contributed by atoms with Crippen molar-refractivity contribution >= 4 is 11.6 Å². The minimum Gasteiger partial charge on any atom is -0.495 e. The Balaban J connectivity index is 1.93. The summed E-state index contributed by atoms with van der Waals surface area (Å²) in [4.78, 5) is 12.3. The number of hydrogen-bond acceptors (Lipinski definition) is 3. The lowest BCUT2D eigenvalue weighted by molar-refractivity contribution is -0.117. The van der Waals surface area contributed by atoms with Crippen molar-refractivity contribution in [1.29, 1.82) is 0 Å². The van der Waals surface area contributed by atoms with Gasteiger partial charge in [-0.15, -0.1) is 0 Å². The summed E-state index contributed by atoms with van der Waals surface area (Å²) in [5.41, 5.74) is 1.87. The van der Waals surface area contributed by atoms with Gasteiger partial charge in [0.2, 0.25) is 5.91 Å². The molecule has 0 aromatic heterocycles. The molecule has 1 aromatic carbocycles. The number of nitrogens with one attached hydrogen (secondary N) is 2. The summed E-state index contributed by atoms with van der Waals surface area (Å²) in [6.45, 7) is 6.33. The number of carbonyl (C=O) groups is 1. The van der Waals surface area contributed by atoms with E-state index in [-0.39, 0.29) is 5.91 Å². The first-order valence-electron chi connectivity index (χ1n) is 7.75. The molecule has 1 amide bonds. The van der Waals surface area contributed by atoms with Gasteiger partial charge in [0.1, 0.15) is 5.75 Å². The normalized spacial score (nSPS) is 17.3. The number of rotatable bonds is 5. The predicted molar refractivity (Wildman–Crippen MR) is 85.7 cm³/mol. The highest BCUT2D eigenvalue weighted by Gasteiger charge is 2.22. The quantitative estimate of drug-likeness (QED) is 0.876. The van der Waals surface area contributed by atoms with Gasteiger partial charge in [0.25, 0.3) is 0 Å². The van der Waals surface area contributed by atoms with Crippen LogP contribution in [0, 0.1) is 18.8 Å². The molecular formula is C17H26N2O2. The Hall–Kier alpha value is -1.55. The molecule has 0 radical (unpaired) electrons. The van der Waals surface area contributed by atoms with Gasteiger partial charge >= 0.3 is 0 Å². The Kier molecular flexibility index (Phi) is 5.62. The number of benzene rings is 1. The summed E-state index contributed by atoms with van der Waals surface area (Å²) in [7, 11) is 1.62. The van der Waals surface area contributed by atoms with Crippen LogP contribution in [0.1, 0.15) is 31.7 Å². The molecule has 1 fully saturated rings. The molecule has 1 aliphatic rings. The molecule has 1 heterocycles. The summed E-state index contributed by atoms with van der Waals surface area (Å²) >= 11 is 0. The fourth-order valence-electron chi connectivity index (χ4n) is 2.99. The predicted octanol–water partition coefficient (Wildman–Crippen LogP) is 2.97. The van der Waals surface area contributed by atoms with Crippen LogP contribution in [0.3, 0.4) is 0 Å². The summed E-state index contributed by atoms with van der Waals surface area (Å²) in [5, 5.41) is 6.36. The van der Waals surface area contributed by atoms with Crippen molar-refractivity contribution in [1.82, 2.24) is 5.32 Å². The zero-order valence-electron chi connectivity index (χ0n) is 13.2. The molecule has 1 atom stereocenters. The second-order valence-electron chi connectivity index (χ2n) is 6.02. The minimum absolute atomic E-state index is 0.0740. The molecule has 1 aromatic rings.